The second-order valence-corrected chi connectivity index (χ2v) is 5.14. The molecule has 2 aromatic carbocycles. The third-order valence-electron chi connectivity index (χ3n) is 3.51. The van der Waals surface area contributed by atoms with Crippen LogP contribution in [0.2, 0.25) is 0 Å². The Morgan fingerprint density at radius 2 is 1.78 bits per heavy atom. The lowest BCUT2D eigenvalue weighted by atomic mass is 10.1. The van der Waals surface area contributed by atoms with Crippen molar-refractivity contribution >= 4 is 17.1 Å². The number of ether oxygens (including phenoxy) is 1. The first-order valence-corrected chi connectivity index (χ1v) is 7.37. The number of benzene rings is 2. The predicted molar refractivity (Wildman–Crippen MR) is 93.6 cm³/mol. The van der Waals surface area contributed by atoms with Crippen LogP contribution in [0.3, 0.4) is 0 Å². The van der Waals surface area contributed by atoms with Crippen LogP contribution < -0.4 is 21.1 Å². The van der Waals surface area contributed by atoms with Crippen molar-refractivity contribution in [1.29, 1.82) is 0 Å². The highest BCUT2D eigenvalue weighted by atomic mass is 19.1. The van der Waals surface area contributed by atoms with Crippen LogP contribution in [0.4, 0.5) is 15.8 Å². The second-order valence-electron chi connectivity index (χ2n) is 5.14. The third kappa shape index (κ3) is 4.02. The standard InChI is InChI=1S/C18H22FN3O/c1-12-4-6-13(7-5-12)22-14-8-9-17(23-3)15(10-14)18(21-2)16(19)11-20/h4-10,21-22H,11,20H2,1-3H3/b18-16+. The molecule has 0 heterocycles. The molecular weight excluding hydrogens is 293 g/mol. The topological polar surface area (TPSA) is 59.3 Å². The number of anilines is 2. The Morgan fingerprint density at radius 1 is 1.13 bits per heavy atom. The summed E-state index contributed by atoms with van der Waals surface area (Å²) in [4.78, 5) is 0. The van der Waals surface area contributed by atoms with Crippen LogP contribution in [0.5, 0.6) is 5.75 Å². The van der Waals surface area contributed by atoms with Crippen LogP contribution in [-0.2, 0) is 0 Å². The van der Waals surface area contributed by atoms with Gasteiger partial charge in [-0.2, -0.15) is 0 Å². The molecule has 5 heteroatoms. The van der Waals surface area contributed by atoms with E-state index in [4.69, 9.17) is 10.5 Å². The summed E-state index contributed by atoms with van der Waals surface area (Å²) in [5, 5.41) is 6.16. The molecule has 0 bridgehead atoms. The molecule has 0 amide bonds. The van der Waals surface area contributed by atoms with E-state index < -0.39 is 5.83 Å². The highest BCUT2D eigenvalue weighted by Crippen LogP contribution is 2.31. The number of rotatable bonds is 6. The average molecular weight is 315 g/mol. The molecule has 2 rings (SSSR count). The molecule has 2 aromatic rings. The van der Waals surface area contributed by atoms with Gasteiger partial charge in [-0.1, -0.05) is 17.7 Å². The minimum atomic E-state index is -0.418. The number of halogens is 1. The average Bonchev–Trinajstić information content (AvgIpc) is 2.57. The molecule has 4 N–H and O–H groups in total. The van der Waals surface area contributed by atoms with Crippen molar-refractivity contribution in [3.05, 3.63) is 59.4 Å². The van der Waals surface area contributed by atoms with Crippen molar-refractivity contribution in [2.24, 2.45) is 5.73 Å². The maximum Gasteiger partial charge on any atom is 0.137 e. The number of nitrogens with two attached hydrogens (primary N) is 1. The van der Waals surface area contributed by atoms with E-state index in [0.29, 0.717) is 17.0 Å². The molecule has 0 unspecified atom stereocenters. The van der Waals surface area contributed by atoms with Gasteiger partial charge < -0.3 is 21.1 Å². The van der Waals surface area contributed by atoms with Gasteiger partial charge in [-0.25, -0.2) is 4.39 Å². The number of hydrogen-bond donors (Lipinski definition) is 3. The molecular formula is C18H22FN3O. The summed E-state index contributed by atoms with van der Waals surface area (Å²) in [5.74, 6) is 0.158. The third-order valence-corrected chi connectivity index (χ3v) is 3.51. The Balaban J connectivity index is 2.40. The van der Waals surface area contributed by atoms with Crippen LogP contribution in [0, 0.1) is 6.92 Å². The minimum Gasteiger partial charge on any atom is -0.496 e. The van der Waals surface area contributed by atoms with E-state index in [1.165, 1.54) is 5.56 Å². The highest BCUT2D eigenvalue weighted by molar-refractivity contribution is 5.75. The number of aryl methyl sites for hydroxylation is 1. The summed E-state index contributed by atoms with van der Waals surface area (Å²) >= 11 is 0. The predicted octanol–water partition coefficient (Wildman–Crippen LogP) is 3.56. The molecule has 0 aliphatic carbocycles. The minimum absolute atomic E-state index is 0.172. The largest absolute Gasteiger partial charge is 0.496 e. The number of methoxy groups -OCH3 is 1. The normalized spacial score (nSPS) is 11.7. The Labute approximate surface area is 136 Å². The zero-order valence-corrected chi connectivity index (χ0v) is 13.6. The summed E-state index contributed by atoms with van der Waals surface area (Å²) in [6.07, 6.45) is 0. The van der Waals surface area contributed by atoms with Gasteiger partial charge >= 0.3 is 0 Å². The highest BCUT2D eigenvalue weighted by Gasteiger charge is 2.13. The van der Waals surface area contributed by atoms with E-state index in [-0.39, 0.29) is 6.54 Å². The fourth-order valence-corrected chi connectivity index (χ4v) is 2.30. The van der Waals surface area contributed by atoms with E-state index in [2.05, 4.69) is 10.6 Å². The zero-order valence-electron chi connectivity index (χ0n) is 13.6. The monoisotopic (exact) mass is 315 g/mol. The van der Waals surface area contributed by atoms with Gasteiger partial charge in [-0.3, -0.25) is 0 Å². The summed E-state index contributed by atoms with van der Waals surface area (Å²) in [6, 6.07) is 13.6. The molecule has 0 atom stereocenters. The van der Waals surface area contributed by atoms with E-state index in [9.17, 15) is 4.39 Å². The van der Waals surface area contributed by atoms with Crippen LogP contribution in [0.25, 0.3) is 5.70 Å². The molecule has 0 aliphatic rings. The van der Waals surface area contributed by atoms with E-state index in [0.717, 1.165) is 11.4 Å². The zero-order chi connectivity index (χ0) is 16.8. The first-order chi connectivity index (χ1) is 11.1. The van der Waals surface area contributed by atoms with Crippen molar-refractivity contribution in [3.8, 4) is 5.75 Å². The van der Waals surface area contributed by atoms with E-state index in [1.807, 2.05) is 43.3 Å². The van der Waals surface area contributed by atoms with Gasteiger partial charge in [0.05, 0.1) is 12.8 Å². The number of nitrogens with one attached hydrogen (secondary N) is 2. The first-order valence-electron chi connectivity index (χ1n) is 7.37. The van der Waals surface area contributed by atoms with Crippen LogP contribution in [0.15, 0.2) is 48.3 Å². The Kier molecular flexibility index (Phi) is 5.60. The molecule has 0 saturated heterocycles. The quantitative estimate of drug-likeness (QED) is 0.763. The summed E-state index contributed by atoms with van der Waals surface area (Å²) in [5.41, 5.74) is 9.36. The Bertz CT molecular complexity index is 696. The van der Waals surface area contributed by atoms with Gasteiger partial charge in [0.1, 0.15) is 11.6 Å². The van der Waals surface area contributed by atoms with E-state index >= 15 is 0 Å². The molecule has 0 aromatic heterocycles. The Morgan fingerprint density at radius 3 is 2.35 bits per heavy atom. The lowest BCUT2D eigenvalue weighted by Crippen LogP contribution is -2.12. The van der Waals surface area contributed by atoms with Gasteiger partial charge in [-0.05, 0) is 37.3 Å². The molecule has 0 radical (unpaired) electrons. The fourth-order valence-electron chi connectivity index (χ4n) is 2.30. The van der Waals surface area contributed by atoms with Gasteiger partial charge in [0, 0.05) is 30.5 Å². The maximum absolute atomic E-state index is 14.0. The van der Waals surface area contributed by atoms with Crippen molar-refractivity contribution in [3.63, 3.8) is 0 Å². The maximum atomic E-state index is 14.0. The van der Waals surface area contributed by atoms with Gasteiger partial charge in [0.2, 0.25) is 0 Å². The molecule has 0 aliphatic heterocycles. The van der Waals surface area contributed by atoms with Crippen LogP contribution >= 0.6 is 0 Å². The molecule has 23 heavy (non-hydrogen) atoms. The van der Waals surface area contributed by atoms with Crippen molar-refractivity contribution in [2.75, 3.05) is 26.0 Å². The van der Waals surface area contributed by atoms with Gasteiger partial charge in [-0.15, -0.1) is 0 Å². The second kappa shape index (κ2) is 7.65. The molecule has 0 fully saturated rings. The molecule has 122 valence electrons. The smallest absolute Gasteiger partial charge is 0.137 e. The summed E-state index contributed by atoms with van der Waals surface area (Å²) in [6.45, 7) is 1.86. The summed E-state index contributed by atoms with van der Waals surface area (Å²) < 4.78 is 19.4. The molecule has 0 saturated carbocycles. The lowest BCUT2D eigenvalue weighted by molar-refractivity contribution is 0.413. The molecule has 4 nitrogen and oxygen atoms in total. The molecule has 0 spiro atoms. The lowest BCUT2D eigenvalue weighted by Gasteiger charge is -2.15. The first kappa shape index (κ1) is 16.8. The Hall–Kier alpha value is -2.53. The van der Waals surface area contributed by atoms with Crippen LogP contribution in [-0.4, -0.2) is 20.7 Å². The fraction of sp³-hybridized carbons (Fsp3) is 0.222. The van der Waals surface area contributed by atoms with E-state index in [1.54, 1.807) is 20.2 Å². The number of hydrogen-bond acceptors (Lipinski definition) is 4. The SMILES string of the molecule is CN/C(=C(/F)CN)c1cc(Nc2ccc(C)cc2)ccc1OC. The summed E-state index contributed by atoms with van der Waals surface area (Å²) in [7, 11) is 3.21. The van der Waals surface area contributed by atoms with Crippen molar-refractivity contribution in [1.82, 2.24) is 5.32 Å². The van der Waals surface area contributed by atoms with Crippen molar-refractivity contribution in [2.45, 2.75) is 6.92 Å². The van der Waals surface area contributed by atoms with Gasteiger partial charge in [0.15, 0.2) is 0 Å². The van der Waals surface area contributed by atoms with Gasteiger partial charge in [0.25, 0.3) is 0 Å². The van der Waals surface area contributed by atoms with Crippen molar-refractivity contribution < 1.29 is 9.13 Å². The van der Waals surface area contributed by atoms with Crippen LogP contribution in [0.1, 0.15) is 11.1 Å².